The molecule has 0 fully saturated rings. The topological polar surface area (TPSA) is 46.9 Å². The van der Waals surface area contributed by atoms with Crippen LogP contribution in [0.4, 0.5) is 0 Å². The Morgan fingerprint density at radius 1 is 1.38 bits per heavy atom. The third-order valence-corrected chi connectivity index (χ3v) is 3.73. The van der Waals surface area contributed by atoms with E-state index in [-0.39, 0.29) is 17.8 Å². The molecule has 1 amide bonds. The van der Waals surface area contributed by atoms with Gasteiger partial charge in [0.25, 0.3) is 0 Å². The number of amides is 1. The van der Waals surface area contributed by atoms with Crippen LogP contribution in [-0.2, 0) is 10.7 Å². The quantitative estimate of drug-likeness (QED) is 0.860. The van der Waals surface area contributed by atoms with Crippen LogP contribution in [-0.4, -0.2) is 22.0 Å². The van der Waals surface area contributed by atoms with E-state index in [1.165, 1.54) is 0 Å². The molecule has 0 radical (unpaired) electrons. The molecule has 0 spiro atoms. The summed E-state index contributed by atoms with van der Waals surface area (Å²) in [5, 5.41) is 2.97. The first-order chi connectivity index (χ1) is 9.93. The number of nitrogens with zero attached hydrogens (tertiary/aromatic N) is 2. The summed E-state index contributed by atoms with van der Waals surface area (Å²) in [4.78, 5) is 16.9. The smallest absolute Gasteiger partial charge is 0.242 e. The molecule has 1 aromatic carbocycles. The number of carbonyl (C=O) groups is 1. The number of aryl methyl sites for hydroxylation is 1. The second kappa shape index (κ2) is 6.48. The minimum absolute atomic E-state index is 0.00382. The van der Waals surface area contributed by atoms with Crippen molar-refractivity contribution in [2.45, 2.75) is 39.6 Å². The van der Waals surface area contributed by atoms with Gasteiger partial charge in [0, 0.05) is 6.54 Å². The first-order valence-corrected chi connectivity index (χ1v) is 7.78. The Kier molecular flexibility index (Phi) is 4.88. The number of hydrogen-bond donors (Lipinski definition) is 1. The number of hydrogen-bond acceptors (Lipinski definition) is 2. The number of aromatic nitrogens is 2. The Hall–Kier alpha value is -1.55. The lowest BCUT2D eigenvalue weighted by Crippen LogP contribution is -2.34. The van der Waals surface area contributed by atoms with Gasteiger partial charge in [-0.25, -0.2) is 4.98 Å². The van der Waals surface area contributed by atoms with Gasteiger partial charge in [-0.05, 0) is 37.5 Å². The van der Waals surface area contributed by atoms with E-state index in [0.717, 1.165) is 22.4 Å². The monoisotopic (exact) mass is 307 g/mol. The maximum atomic E-state index is 12.3. The van der Waals surface area contributed by atoms with Gasteiger partial charge in [0.2, 0.25) is 5.91 Å². The normalized spacial score (nSPS) is 12.9. The van der Waals surface area contributed by atoms with Crippen LogP contribution in [0.5, 0.6) is 0 Å². The Bertz CT molecular complexity index is 648. The highest BCUT2D eigenvalue weighted by molar-refractivity contribution is 6.17. The molecule has 5 heteroatoms. The van der Waals surface area contributed by atoms with Crippen LogP contribution in [0, 0.1) is 12.8 Å². The fourth-order valence-electron chi connectivity index (χ4n) is 2.35. The van der Waals surface area contributed by atoms with Crippen LogP contribution in [0.15, 0.2) is 18.2 Å². The molecule has 0 aliphatic heterocycles. The van der Waals surface area contributed by atoms with Gasteiger partial charge in [-0.15, -0.1) is 11.6 Å². The van der Waals surface area contributed by atoms with Crippen molar-refractivity contribution in [3.05, 3.63) is 29.6 Å². The van der Waals surface area contributed by atoms with Gasteiger partial charge in [0.15, 0.2) is 0 Å². The van der Waals surface area contributed by atoms with E-state index in [4.69, 9.17) is 11.6 Å². The highest BCUT2D eigenvalue weighted by atomic mass is 35.5. The van der Waals surface area contributed by atoms with Crippen molar-refractivity contribution >= 4 is 28.5 Å². The summed E-state index contributed by atoms with van der Waals surface area (Å²) in [5.74, 6) is 1.44. The lowest BCUT2D eigenvalue weighted by molar-refractivity contribution is -0.124. The lowest BCUT2D eigenvalue weighted by atomic mass is 10.2. The van der Waals surface area contributed by atoms with Crippen molar-refractivity contribution in [1.82, 2.24) is 14.9 Å². The number of benzene rings is 1. The van der Waals surface area contributed by atoms with Gasteiger partial charge in [-0.1, -0.05) is 19.9 Å². The molecular weight excluding hydrogens is 286 g/mol. The number of imidazole rings is 1. The van der Waals surface area contributed by atoms with E-state index in [1.54, 1.807) is 0 Å². The minimum Gasteiger partial charge on any atom is -0.354 e. The van der Waals surface area contributed by atoms with Crippen molar-refractivity contribution in [3.63, 3.8) is 0 Å². The zero-order valence-corrected chi connectivity index (χ0v) is 13.7. The van der Waals surface area contributed by atoms with Gasteiger partial charge < -0.3 is 9.88 Å². The minimum atomic E-state index is -0.329. The summed E-state index contributed by atoms with van der Waals surface area (Å²) in [7, 11) is 0. The van der Waals surface area contributed by atoms with Crippen molar-refractivity contribution in [3.8, 4) is 0 Å². The van der Waals surface area contributed by atoms with Crippen LogP contribution in [0.2, 0.25) is 0 Å². The molecule has 2 aromatic rings. The van der Waals surface area contributed by atoms with Crippen LogP contribution < -0.4 is 5.32 Å². The summed E-state index contributed by atoms with van der Waals surface area (Å²) in [6.07, 6.45) is 0. The average molecular weight is 308 g/mol. The molecule has 1 N–H and O–H groups in total. The van der Waals surface area contributed by atoms with Gasteiger partial charge in [0.05, 0.1) is 16.9 Å². The van der Waals surface area contributed by atoms with Gasteiger partial charge in [-0.2, -0.15) is 0 Å². The molecule has 1 atom stereocenters. The molecule has 4 nitrogen and oxygen atoms in total. The van der Waals surface area contributed by atoms with E-state index in [9.17, 15) is 4.79 Å². The fraction of sp³-hybridized carbons (Fsp3) is 0.500. The molecule has 21 heavy (non-hydrogen) atoms. The molecule has 0 aliphatic rings. The van der Waals surface area contributed by atoms with E-state index in [2.05, 4.69) is 24.1 Å². The average Bonchev–Trinajstić information content (AvgIpc) is 2.81. The predicted octanol–water partition coefficient (Wildman–Crippen LogP) is 3.42. The number of fused-ring (bicyclic) bond motifs is 1. The Labute approximate surface area is 130 Å². The van der Waals surface area contributed by atoms with E-state index < -0.39 is 0 Å². The Morgan fingerprint density at radius 3 is 2.71 bits per heavy atom. The second-order valence-corrected chi connectivity index (χ2v) is 6.11. The highest BCUT2D eigenvalue weighted by Gasteiger charge is 2.21. The van der Waals surface area contributed by atoms with Crippen LogP contribution in [0.1, 0.15) is 38.2 Å². The molecule has 0 aliphatic carbocycles. The van der Waals surface area contributed by atoms with E-state index >= 15 is 0 Å². The largest absolute Gasteiger partial charge is 0.354 e. The number of carbonyl (C=O) groups excluding carboxylic acids is 1. The molecule has 114 valence electrons. The van der Waals surface area contributed by atoms with Crippen molar-refractivity contribution in [2.24, 2.45) is 5.92 Å². The van der Waals surface area contributed by atoms with Gasteiger partial charge in [-0.3, -0.25) is 4.79 Å². The third-order valence-electron chi connectivity index (χ3n) is 3.49. The van der Waals surface area contributed by atoms with Crippen LogP contribution in [0.25, 0.3) is 11.0 Å². The maximum Gasteiger partial charge on any atom is 0.242 e. The molecule has 2 rings (SSSR count). The second-order valence-electron chi connectivity index (χ2n) is 5.84. The molecule has 1 unspecified atom stereocenters. The van der Waals surface area contributed by atoms with Gasteiger partial charge in [0.1, 0.15) is 11.9 Å². The molecule has 1 heterocycles. The summed E-state index contributed by atoms with van der Waals surface area (Å²) in [6, 6.07) is 5.70. The van der Waals surface area contributed by atoms with Crippen molar-refractivity contribution < 1.29 is 4.79 Å². The zero-order chi connectivity index (χ0) is 15.6. The lowest BCUT2D eigenvalue weighted by Gasteiger charge is -2.17. The van der Waals surface area contributed by atoms with Crippen LogP contribution >= 0.6 is 11.6 Å². The number of rotatable bonds is 5. The Morgan fingerprint density at radius 2 is 2.10 bits per heavy atom. The summed E-state index contributed by atoms with van der Waals surface area (Å²) in [6.45, 7) is 8.73. The molecule has 0 bridgehead atoms. The van der Waals surface area contributed by atoms with Crippen molar-refractivity contribution in [2.75, 3.05) is 6.54 Å². The molecule has 0 saturated heterocycles. The first kappa shape index (κ1) is 15.8. The zero-order valence-electron chi connectivity index (χ0n) is 13.0. The predicted molar refractivity (Wildman–Crippen MR) is 86.6 cm³/mol. The number of halogens is 1. The summed E-state index contributed by atoms with van der Waals surface area (Å²) >= 11 is 6.00. The standard InChI is InChI=1S/C16H22ClN3O/c1-10(2)9-18-16(21)12(4)20-14-7-11(3)5-6-13(14)19-15(20)8-17/h5-7,10,12H,8-9H2,1-4H3,(H,18,21). The maximum absolute atomic E-state index is 12.3. The number of alkyl halides is 1. The van der Waals surface area contributed by atoms with Crippen molar-refractivity contribution in [1.29, 1.82) is 0 Å². The van der Waals surface area contributed by atoms with E-state index in [1.807, 2.05) is 36.6 Å². The third kappa shape index (κ3) is 3.38. The number of nitrogens with one attached hydrogen (secondary N) is 1. The van der Waals surface area contributed by atoms with Gasteiger partial charge >= 0.3 is 0 Å². The molecule has 1 aromatic heterocycles. The fourth-order valence-corrected chi connectivity index (χ4v) is 2.54. The molecular formula is C16H22ClN3O. The summed E-state index contributed by atoms with van der Waals surface area (Å²) < 4.78 is 1.94. The SMILES string of the molecule is Cc1ccc2nc(CCl)n(C(C)C(=O)NCC(C)C)c2c1. The molecule has 0 saturated carbocycles. The van der Waals surface area contributed by atoms with E-state index in [0.29, 0.717) is 12.5 Å². The van der Waals surface area contributed by atoms with Crippen LogP contribution in [0.3, 0.4) is 0 Å². The first-order valence-electron chi connectivity index (χ1n) is 7.25. The highest BCUT2D eigenvalue weighted by Crippen LogP contribution is 2.23. The Balaban J connectivity index is 2.39. The summed E-state index contributed by atoms with van der Waals surface area (Å²) in [5.41, 5.74) is 2.97.